The Morgan fingerprint density at radius 3 is 2.69 bits per heavy atom. The van der Waals surface area contributed by atoms with Gasteiger partial charge in [-0.3, -0.25) is 9.59 Å². The molecule has 1 aliphatic rings. The Bertz CT molecular complexity index is 737. The van der Waals surface area contributed by atoms with Crippen LogP contribution in [0.5, 0.6) is 0 Å². The second-order valence-corrected chi connectivity index (χ2v) is 6.91. The third-order valence-electron chi connectivity index (χ3n) is 4.94. The summed E-state index contributed by atoms with van der Waals surface area (Å²) >= 11 is 0. The van der Waals surface area contributed by atoms with Crippen LogP contribution in [0.4, 0.5) is 0 Å². The summed E-state index contributed by atoms with van der Waals surface area (Å²) in [7, 11) is 0. The van der Waals surface area contributed by atoms with E-state index < -0.39 is 5.97 Å². The summed E-state index contributed by atoms with van der Waals surface area (Å²) < 4.78 is 5.86. The minimum Gasteiger partial charge on any atom is -0.481 e. The van der Waals surface area contributed by atoms with Crippen molar-refractivity contribution in [2.45, 2.75) is 38.5 Å². The maximum absolute atomic E-state index is 12.5. The number of piperidine rings is 1. The summed E-state index contributed by atoms with van der Waals surface area (Å²) in [4.78, 5) is 25.1. The van der Waals surface area contributed by atoms with E-state index in [2.05, 4.69) is 0 Å². The maximum Gasteiger partial charge on any atom is 0.303 e. The Morgan fingerprint density at radius 1 is 1.12 bits per heavy atom. The van der Waals surface area contributed by atoms with Crippen molar-refractivity contribution in [3.63, 3.8) is 0 Å². The summed E-state index contributed by atoms with van der Waals surface area (Å²) in [6.07, 6.45) is 3.80. The predicted octanol–water partition coefficient (Wildman–Crippen LogP) is 3.98. The molecule has 1 aliphatic heterocycles. The molecule has 26 heavy (non-hydrogen) atoms. The summed E-state index contributed by atoms with van der Waals surface area (Å²) in [6.45, 7) is 1.45. The van der Waals surface area contributed by atoms with Gasteiger partial charge in [0.15, 0.2) is 0 Å². The summed E-state index contributed by atoms with van der Waals surface area (Å²) in [6, 6.07) is 13.8. The lowest BCUT2D eigenvalue weighted by atomic mass is 9.93. The number of hydrogen-bond acceptors (Lipinski definition) is 3. The molecule has 1 amide bonds. The number of likely N-dealkylation sites (tertiary alicyclic amines) is 1. The molecular formula is C21H25NO4. The molecule has 138 valence electrons. The van der Waals surface area contributed by atoms with E-state index in [0.29, 0.717) is 31.7 Å². The van der Waals surface area contributed by atoms with Gasteiger partial charge in [0.25, 0.3) is 0 Å². The van der Waals surface area contributed by atoms with Crippen LogP contribution < -0.4 is 0 Å². The van der Waals surface area contributed by atoms with Gasteiger partial charge in [0.2, 0.25) is 5.91 Å². The number of furan rings is 1. The smallest absolute Gasteiger partial charge is 0.303 e. The number of aliphatic carboxylic acids is 1. The van der Waals surface area contributed by atoms with Crippen molar-refractivity contribution < 1.29 is 19.1 Å². The Kier molecular flexibility index (Phi) is 6.10. The van der Waals surface area contributed by atoms with Crippen molar-refractivity contribution in [2.24, 2.45) is 5.92 Å². The molecule has 5 nitrogen and oxygen atoms in total. The van der Waals surface area contributed by atoms with Gasteiger partial charge in [-0.1, -0.05) is 30.3 Å². The first-order valence-electron chi connectivity index (χ1n) is 9.25. The van der Waals surface area contributed by atoms with Crippen molar-refractivity contribution in [1.82, 2.24) is 4.90 Å². The maximum atomic E-state index is 12.5. The SMILES string of the molecule is O=C(O)CC[C@H]1CCCN(C(=O)CCc2ccc(-c3ccccc3)o2)C1. The van der Waals surface area contributed by atoms with Gasteiger partial charge >= 0.3 is 5.97 Å². The zero-order valence-corrected chi connectivity index (χ0v) is 14.9. The summed E-state index contributed by atoms with van der Waals surface area (Å²) in [5, 5.41) is 8.82. The van der Waals surface area contributed by atoms with Crippen molar-refractivity contribution >= 4 is 11.9 Å². The third-order valence-corrected chi connectivity index (χ3v) is 4.94. The van der Waals surface area contributed by atoms with E-state index in [0.717, 1.165) is 36.5 Å². The number of carbonyl (C=O) groups is 2. The molecule has 5 heteroatoms. The number of nitrogens with zero attached hydrogens (tertiary/aromatic N) is 1. The molecule has 2 heterocycles. The molecule has 1 saturated heterocycles. The number of hydrogen-bond donors (Lipinski definition) is 1. The number of carboxylic acids is 1. The van der Waals surface area contributed by atoms with Gasteiger partial charge in [-0.15, -0.1) is 0 Å². The second kappa shape index (κ2) is 8.70. The van der Waals surface area contributed by atoms with Crippen molar-refractivity contribution in [3.05, 3.63) is 48.2 Å². The fraction of sp³-hybridized carbons (Fsp3) is 0.429. The largest absolute Gasteiger partial charge is 0.481 e. The molecule has 3 rings (SSSR count). The van der Waals surface area contributed by atoms with Crippen LogP contribution in [0.2, 0.25) is 0 Å². The van der Waals surface area contributed by atoms with Crippen LogP contribution in [-0.2, 0) is 16.0 Å². The molecule has 1 N–H and O–H groups in total. The molecule has 1 fully saturated rings. The van der Waals surface area contributed by atoms with Crippen molar-refractivity contribution in [2.75, 3.05) is 13.1 Å². The highest BCUT2D eigenvalue weighted by molar-refractivity contribution is 5.76. The Labute approximate surface area is 153 Å². The van der Waals surface area contributed by atoms with Crippen LogP contribution in [-0.4, -0.2) is 35.0 Å². The molecule has 0 unspecified atom stereocenters. The molecule has 1 aromatic heterocycles. The first kappa shape index (κ1) is 18.2. The highest BCUT2D eigenvalue weighted by atomic mass is 16.4. The average Bonchev–Trinajstić information content (AvgIpc) is 3.14. The fourth-order valence-electron chi connectivity index (χ4n) is 3.51. The van der Waals surface area contributed by atoms with Crippen molar-refractivity contribution in [3.8, 4) is 11.3 Å². The second-order valence-electron chi connectivity index (χ2n) is 6.91. The predicted molar refractivity (Wildman–Crippen MR) is 98.6 cm³/mol. The van der Waals surface area contributed by atoms with Crippen LogP contribution in [0.15, 0.2) is 46.9 Å². The van der Waals surface area contributed by atoms with Gasteiger partial charge in [0.05, 0.1) is 0 Å². The lowest BCUT2D eigenvalue weighted by Gasteiger charge is -2.32. The van der Waals surface area contributed by atoms with E-state index in [1.165, 1.54) is 0 Å². The molecule has 0 saturated carbocycles. The van der Waals surface area contributed by atoms with Crippen LogP contribution in [0, 0.1) is 5.92 Å². The Hall–Kier alpha value is -2.56. The molecule has 1 aromatic carbocycles. The number of rotatable bonds is 7. The van der Waals surface area contributed by atoms with E-state index >= 15 is 0 Å². The highest BCUT2D eigenvalue weighted by Gasteiger charge is 2.24. The zero-order valence-electron chi connectivity index (χ0n) is 14.9. The van der Waals surface area contributed by atoms with Gasteiger partial charge in [-0.2, -0.15) is 0 Å². The first-order chi connectivity index (χ1) is 12.6. The summed E-state index contributed by atoms with van der Waals surface area (Å²) in [5.74, 6) is 1.30. The number of benzene rings is 1. The Balaban J connectivity index is 1.49. The molecule has 0 spiro atoms. The molecule has 0 radical (unpaired) electrons. The number of carbonyl (C=O) groups excluding carboxylic acids is 1. The highest BCUT2D eigenvalue weighted by Crippen LogP contribution is 2.24. The van der Waals surface area contributed by atoms with Gasteiger partial charge in [0, 0.05) is 37.9 Å². The molecule has 1 atom stereocenters. The molecular weight excluding hydrogens is 330 g/mol. The summed E-state index contributed by atoms with van der Waals surface area (Å²) in [5.41, 5.74) is 1.03. The van der Waals surface area contributed by atoms with Crippen LogP contribution >= 0.6 is 0 Å². The number of carboxylic acid groups (broad SMARTS) is 1. The standard InChI is InChI=1S/C21H25NO4/c23-20(22-14-4-5-16(15-22)8-13-21(24)25)12-10-18-9-11-19(26-18)17-6-2-1-3-7-17/h1-3,6-7,9,11,16H,4-5,8,10,12-15H2,(H,24,25)/t16-/m1/s1. The first-order valence-corrected chi connectivity index (χ1v) is 9.25. The molecule has 2 aromatic rings. The van der Waals surface area contributed by atoms with Crippen LogP contribution in [0.3, 0.4) is 0 Å². The molecule has 0 aliphatic carbocycles. The minimum absolute atomic E-state index is 0.127. The van der Waals surface area contributed by atoms with Crippen LogP contribution in [0.25, 0.3) is 11.3 Å². The topological polar surface area (TPSA) is 70.8 Å². The molecule has 0 bridgehead atoms. The monoisotopic (exact) mass is 355 g/mol. The third kappa shape index (κ3) is 4.97. The van der Waals surface area contributed by atoms with E-state index in [9.17, 15) is 9.59 Å². The van der Waals surface area contributed by atoms with Gasteiger partial charge < -0.3 is 14.4 Å². The minimum atomic E-state index is -0.763. The Morgan fingerprint density at radius 2 is 1.92 bits per heavy atom. The van der Waals surface area contributed by atoms with Gasteiger partial charge in [-0.05, 0) is 37.3 Å². The quantitative estimate of drug-likeness (QED) is 0.815. The average molecular weight is 355 g/mol. The van der Waals surface area contributed by atoms with E-state index in [-0.39, 0.29) is 12.3 Å². The van der Waals surface area contributed by atoms with E-state index in [1.54, 1.807) is 0 Å². The fourth-order valence-corrected chi connectivity index (χ4v) is 3.51. The zero-order chi connectivity index (χ0) is 18.4. The number of amides is 1. The van der Waals surface area contributed by atoms with E-state index in [4.69, 9.17) is 9.52 Å². The lowest BCUT2D eigenvalue weighted by Crippen LogP contribution is -2.40. The normalized spacial score (nSPS) is 17.2. The van der Waals surface area contributed by atoms with Gasteiger partial charge in [0.1, 0.15) is 11.5 Å². The lowest BCUT2D eigenvalue weighted by molar-refractivity contribution is -0.137. The van der Waals surface area contributed by atoms with Crippen molar-refractivity contribution in [1.29, 1.82) is 0 Å². The van der Waals surface area contributed by atoms with Gasteiger partial charge in [-0.25, -0.2) is 0 Å². The van der Waals surface area contributed by atoms with Crippen LogP contribution in [0.1, 0.15) is 37.9 Å². The number of aryl methyl sites for hydroxylation is 1. The van der Waals surface area contributed by atoms with E-state index in [1.807, 2.05) is 47.4 Å².